The number of Topliss-reactive ketones (excluding diaryl/α,β-unsaturated/α-hetero) is 1. The second-order valence-corrected chi connectivity index (χ2v) is 13.5. The monoisotopic (exact) mass is 533 g/mol. The number of nitrogens with zero attached hydrogens (tertiary/aromatic N) is 2. The number of carbonyl (C=O) groups excluding carboxylic acids is 1. The molecule has 2 aromatic rings. The van der Waals surface area contributed by atoms with Crippen LogP contribution in [0.2, 0.25) is 0 Å². The average molecular weight is 534 g/mol. The largest absolute Gasteiger partial charge is 0.506 e. The number of aliphatic hydroxyl groups is 1. The van der Waals surface area contributed by atoms with Crippen molar-refractivity contribution in [2.45, 2.75) is 43.9 Å². The Kier molecular flexibility index (Phi) is 6.49. The van der Waals surface area contributed by atoms with Gasteiger partial charge in [0.05, 0.1) is 23.0 Å². The van der Waals surface area contributed by atoms with E-state index in [0.717, 1.165) is 17.0 Å². The number of ketones is 1. The van der Waals surface area contributed by atoms with Crippen molar-refractivity contribution in [3.05, 3.63) is 59.2 Å². The number of aliphatic hydroxyl groups excluding tert-OH is 1. The van der Waals surface area contributed by atoms with Crippen LogP contribution in [0.15, 0.2) is 57.3 Å². The standard InChI is InChI=1S/C25H31N3O6S2/c1-15(2)12-13-25(3)18-9-7-6-8-17(18)22(29)21(23(25)30)24-26-19-11-10-16(28(4)35(5,31)32)14-20(19)36(33,34)27-24/h6-11,14-15,29,33-34H,12-13H2,1-5H3,(H,26,27)/t25-/m1/s1. The molecule has 11 heteroatoms. The smallest absolute Gasteiger partial charge is 0.231 e. The van der Waals surface area contributed by atoms with Gasteiger partial charge in [0, 0.05) is 12.6 Å². The molecule has 0 radical (unpaired) electrons. The van der Waals surface area contributed by atoms with Gasteiger partial charge in [0.15, 0.2) is 11.6 Å². The lowest BCUT2D eigenvalue weighted by molar-refractivity contribution is -0.120. The van der Waals surface area contributed by atoms with E-state index in [2.05, 4.69) is 23.6 Å². The number of amidine groups is 1. The van der Waals surface area contributed by atoms with Crippen LogP contribution in [0, 0.1) is 5.92 Å². The molecule has 2 aromatic carbocycles. The lowest BCUT2D eigenvalue weighted by Gasteiger charge is -2.39. The third-order valence-electron chi connectivity index (χ3n) is 6.79. The Hall–Kier alpha value is -2.86. The van der Waals surface area contributed by atoms with Gasteiger partial charge in [-0.3, -0.25) is 18.2 Å². The van der Waals surface area contributed by atoms with E-state index in [-0.39, 0.29) is 39.2 Å². The van der Waals surface area contributed by atoms with E-state index in [9.17, 15) is 27.4 Å². The second kappa shape index (κ2) is 8.91. The molecule has 1 heterocycles. The summed E-state index contributed by atoms with van der Waals surface area (Å²) in [5.74, 6) is -0.430. The molecular formula is C25H31N3O6S2. The molecular weight excluding hydrogens is 502 g/mol. The van der Waals surface area contributed by atoms with Crippen molar-refractivity contribution in [1.29, 1.82) is 0 Å². The summed E-state index contributed by atoms with van der Waals surface area (Å²) in [6.07, 6.45) is 2.36. The number of fused-ring (bicyclic) bond motifs is 2. The summed E-state index contributed by atoms with van der Waals surface area (Å²) in [6.45, 7) is 5.99. The normalized spacial score (nSPS) is 21.9. The number of hydrogen-bond acceptors (Lipinski definition) is 8. The van der Waals surface area contributed by atoms with Gasteiger partial charge >= 0.3 is 0 Å². The Labute approximate surface area is 213 Å². The first-order chi connectivity index (χ1) is 16.7. The third kappa shape index (κ3) is 4.40. The molecule has 1 aliphatic carbocycles. The minimum atomic E-state index is -3.82. The van der Waals surface area contributed by atoms with Gasteiger partial charge in [0.2, 0.25) is 10.0 Å². The van der Waals surface area contributed by atoms with Crippen molar-refractivity contribution in [1.82, 2.24) is 0 Å². The quantitative estimate of drug-likeness (QED) is 0.401. The molecule has 0 saturated carbocycles. The highest BCUT2D eigenvalue weighted by Gasteiger charge is 2.46. The Morgan fingerprint density at radius 1 is 1.17 bits per heavy atom. The molecule has 0 spiro atoms. The van der Waals surface area contributed by atoms with Crippen LogP contribution >= 0.6 is 10.8 Å². The van der Waals surface area contributed by atoms with E-state index in [0.29, 0.717) is 23.5 Å². The molecule has 4 N–H and O–H groups in total. The van der Waals surface area contributed by atoms with Gasteiger partial charge in [-0.2, -0.15) is 0 Å². The van der Waals surface area contributed by atoms with Crippen LogP contribution < -0.4 is 9.62 Å². The average Bonchev–Trinajstić information content (AvgIpc) is 2.80. The SMILES string of the molecule is CC(C)CC[C@@]1(C)C(=O)C(C2=NS(O)(O)c3cc(N(C)S(C)(=O)=O)ccc3N2)=C(O)c2ccccc21. The van der Waals surface area contributed by atoms with Crippen LogP contribution in [0.4, 0.5) is 11.4 Å². The van der Waals surface area contributed by atoms with Gasteiger partial charge in [-0.05, 0) is 49.4 Å². The number of anilines is 2. The number of carbonyl (C=O) groups is 1. The number of sulfonamides is 1. The zero-order valence-corrected chi connectivity index (χ0v) is 22.4. The summed E-state index contributed by atoms with van der Waals surface area (Å²) in [6, 6.07) is 11.5. The van der Waals surface area contributed by atoms with Crippen molar-refractivity contribution in [3.63, 3.8) is 0 Å². The Balaban J connectivity index is 1.83. The first kappa shape index (κ1) is 26.2. The lowest BCUT2D eigenvalue weighted by Crippen LogP contribution is -2.42. The summed E-state index contributed by atoms with van der Waals surface area (Å²) in [7, 11) is -6.05. The summed E-state index contributed by atoms with van der Waals surface area (Å²) in [5, 5.41) is 14.2. The van der Waals surface area contributed by atoms with E-state index in [1.165, 1.54) is 25.2 Å². The van der Waals surface area contributed by atoms with Gasteiger partial charge in [-0.15, -0.1) is 4.40 Å². The molecule has 0 amide bonds. The minimum absolute atomic E-state index is 0.00873. The molecule has 4 rings (SSSR count). The molecule has 0 saturated heterocycles. The van der Waals surface area contributed by atoms with Crippen molar-refractivity contribution >= 4 is 49.6 Å². The summed E-state index contributed by atoms with van der Waals surface area (Å²) in [4.78, 5) is 13.9. The topological polar surface area (TPSA) is 140 Å². The van der Waals surface area contributed by atoms with Gasteiger partial charge in [0.1, 0.15) is 16.2 Å². The van der Waals surface area contributed by atoms with Crippen LogP contribution in [0.5, 0.6) is 0 Å². The van der Waals surface area contributed by atoms with Crippen LogP contribution in [0.1, 0.15) is 44.7 Å². The molecule has 2 aliphatic rings. The highest BCUT2D eigenvalue weighted by molar-refractivity contribution is 8.23. The molecule has 0 bridgehead atoms. The van der Waals surface area contributed by atoms with E-state index >= 15 is 0 Å². The maximum absolute atomic E-state index is 13.9. The van der Waals surface area contributed by atoms with Crippen molar-refractivity contribution in [2.24, 2.45) is 10.3 Å². The molecule has 1 atom stereocenters. The fraction of sp³-hybridized carbons (Fsp3) is 0.360. The number of nitrogens with one attached hydrogen (secondary N) is 1. The molecule has 0 aromatic heterocycles. The van der Waals surface area contributed by atoms with Crippen molar-refractivity contribution in [2.75, 3.05) is 22.9 Å². The Morgan fingerprint density at radius 2 is 1.83 bits per heavy atom. The molecule has 36 heavy (non-hydrogen) atoms. The summed E-state index contributed by atoms with van der Waals surface area (Å²) in [5.41, 5.74) is 0.633. The highest BCUT2D eigenvalue weighted by Crippen LogP contribution is 2.57. The van der Waals surface area contributed by atoms with Gasteiger partial charge in [-0.25, -0.2) is 8.42 Å². The Morgan fingerprint density at radius 3 is 2.47 bits per heavy atom. The van der Waals surface area contributed by atoms with E-state index < -0.39 is 26.2 Å². The summed E-state index contributed by atoms with van der Waals surface area (Å²) < 4.78 is 50.8. The lowest BCUT2D eigenvalue weighted by atomic mass is 9.66. The van der Waals surface area contributed by atoms with Crippen LogP contribution in [-0.2, 0) is 20.2 Å². The molecule has 0 fully saturated rings. The zero-order valence-electron chi connectivity index (χ0n) is 20.8. The first-order valence-electron chi connectivity index (χ1n) is 11.5. The summed E-state index contributed by atoms with van der Waals surface area (Å²) >= 11 is 0. The van der Waals surface area contributed by atoms with Crippen molar-refractivity contribution < 1.29 is 27.4 Å². The predicted molar refractivity (Wildman–Crippen MR) is 144 cm³/mol. The van der Waals surface area contributed by atoms with Crippen molar-refractivity contribution in [3.8, 4) is 0 Å². The predicted octanol–water partition coefficient (Wildman–Crippen LogP) is 5.18. The fourth-order valence-corrected chi connectivity index (χ4v) is 6.20. The fourth-order valence-electron chi connectivity index (χ4n) is 4.52. The maximum Gasteiger partial charge on any atom is 0.231 e. The molecule has 1 aliphatic heterocycles. The van der Waals surface area contributed by atoms with Gasteiger partial charge in [0.25, 0.3) is 0 Å². The Bertz CT molecular complexity index is 1410. The van der Waals surface area contributed by atoms with Gasteiger partial charge < -0.3 is 10.4 Å². The van der Waals surface area contributed by atoms with E-state index in [1.807, 2.05) is 19.1 Å². The third-order valence-corrected chi connectivity index (χ3v) is 9.36. The number of hydrogen-bond donors (Lipinski definition) is 4. The van der Waals surface area contributed by atoms with Crippen LogP contribution in [0.3, 0.4) is 0 Å². The molecule has 194 valence electrons. The van der Waals surface area contributed by atoms with E-state index in [1.54, 1.807) is 12.1 Å². The maximum atomic E-state index is 13.9. The van der Waals surface area contributed by atoms with Crippen LogP contribution in [-0.4, -0.2) is 47.6 Å². The number of rotatable bonds is 6. The van der Waals surface area contributed by atoms with Gasteiger partial charge in [-0.1, -0.05) is 48.9 Å². The second-order valence-electron chi connectivity index (χ2n) is 9.86. The minimum Gasteiger partial charge on any atom is -0.506 e. The molecule has 0 unspecified atom stereocenters. The zero-order chi connectivity index (χ0) is 26.6. The first-order valence-corrected chi connectivity index (χ1v) is 14.8. The van der Waals surface area contributed by atoms with Crippen LogP contribution in [0.25, 0.3) is 5.76 Å². The number of benzene rings is 2. The highest BCUT2D eigenvalue weighted by atomic mass is 32.3. The van der Waals surface area contributed by atoms with E-state index in [4.69, 9.17) is 0 Å². The molecule has 9 nitrogen and oxygen atoms in total.